The summed E-state index contributed by atoms with van der Waals surface area (Å²) in [6, 6.07) is 29.6. The highest BCUT2D eigenvalue weighted by Crippen LogP contribution is 2.46. The molecule has 0 unspecified atom stereocenters. The summed E-state index contributed by atoms with van der Waals surface area (Å²) in [6.07, 6.45) is 4.53. The van der Waals surface area contributed by atoms with Gasteiger partial charge in [-0.1, -0.05) is 118 Å². The zero-order chi connectivity index (χ0) is 88.7. The molecule has 4 fully saturated rings. The molecule has 4 aliphatic rings. The Balaban J connectivity index is 0.000000158. The van der Waals surface area contributed by atoms with Gasteiger partial charge in [-0.15, -0.1) is 0 Å². The zero-order valence-corrected chi connectivity index (χ0v) is 72.9. The minimum absolute atomic E-state index is 0.0119. The number of piperazine rings is 3. The summed E-state index contributed by atoms with van der Waals surface area (Å²) in [7, 11) is 0. The van der Waals surface area contributed by atoms with Gasteiger partial charge in [0.25, 0.3) is 17.7 Å². The molecule has 3 aliphatic heterocycles. The van der Waals surface area contributed by atoms with Gasteiger partial charge in [-0.25, -0.2) is 61.8 Å². The number of aromatic carboxylic acids is 3. The molecule has 0 spiro atoms. The third kappa shape index (κ3) is 18.5. The Morgan fingerprint density at radius 1 is 0.402 bits per heavy atom. The van der Waals surface area contributed by atoms with E-state index in [0.717, 1.165) is 82.9 Å². The quantitative estimate of drug-likeness (QED) is 0.0957. The number of nitrogens with zero attached hydrogens (tertiary/aromatic N) is 12. The number of furan rings is 3. The van der Waals surface area contributed by atoms with Gasteiger partial charge in [-0.05, 0) is 168 Å². The molecule has 2 aromatic carbocycles. The van der Waals surface area contributed by atoms with E-state index in [0.29, 0.717) is 74.0 Å². The lowest BCUT2D eigenvalue weighted by atomic mass is 9.72. The number of aromatic nitrogens is 6. The van der Waals surface area contributed by atoms with Crippen molar-refractivity contribution in [3.63, 3.8) is 0 Å². The van der Waals surface area contributed by atoms with Gasteiger partial charge >= 0.3 is 17.9 Å². The normalized spacial score (nSPS) is 16.8. The van der Waals surface area contributed by atoms with Gasteiger partial charge in [0.15, 0.2) is 86.0 Å². The molecule has 642 valence electrons. The van der Waals surface area contributed by atoms with E-state index in [-0.39, 0.29) is 137 Å². The van der Waals surface area contributed by atoms with E-state index in [1.54, 1.807) is 53.7 Å². The van der Waals surface area contributed by atoms with Gasteiger partial charge in [-0.2, -0.15) is 0 Å². The minimum atomic E-state index is -1.25. The molecule has 122 heavy (non-hydrogen) atoms. The van der Waals surface area contributed by atoms with Crippen LogP contribution in [0, 0.1) is 28.7 Å². The van der Waals surface area contributed by atoms with Crippen molar-refractivity contribution in [3.05, 3.63) is 205 Å². The molecule has 1 saturated carbocycles. The second-order valence-corrected chi connectivity index (χ2v) is 38.3. The van der Waals surface area contributed by atoms with Crippen LogP contribution in [0.3, 0.4) is 0 Å². The summed E-state index contributed by atoms with van der Waals surface area (Å²) in [4.78, 5) is 112. The van der Waals surface area contributed by atoms with Gasteiger partial charge in [0, 0.05) is 122 Å². The third-order valence-corrected chi connectivity index (χ3v) is 23.7. The average molecular weight is 1710 g/mol. The topological polar surface area (TPSA) is 299 Å². The highest BCUT2D eigenvalue weighted by Gasteiger charge is 2.45. The molecule has 12 heterocycles. The van der Waals surface area contributed by atoms with Crippen LogP contribution in [-0.2, 0) is 16.2 Å². The van der Waals surface area contributed by atoms with Crippen molar-refractivity contribution in [3.8, 4) is 22.5 Å². The summed E-state index contributed by atoms with van der Waals surface area (Å²) in [5.74, 6) is -6.28. The summed E-state index contributed by atoms with van der Waals surface area (Å²) in [5, 5.41) is 28.5. The maximum atomic E-state index is 14.6. The van der Waals surface area contributed by atoms with Crippen LogP contribution in [0.5, 0.6) is 0 Å². The van der Waals surface area contributed by atoms with Crippen molar-refractivity contribution in [2.45, 2.75) is 182 Å². The van der Waals surface area contributed by atoms with E-state index < -0.39 is 57.8 Å². The van der Waals surface area contributed by atoms with Crippen LogP contribution < -0.4 is 14.7 Å². The number of carbonyl (C=O) groups excluding carboxylic acids is 3. The second kappa shape index (κ2) is 33.0. The highest BCUT2D eigenvalue weighted by molar-refractivity contribution is 6.31. The zero-order valence-electron chi connectivity index (χ0n) is 71.4. The first-order valence-electron chi connectivity index (χ1n) is 40.4. The molecule has 3 amide bonds. The molecular formula is C92H100Cl2F4N12O12. The van der Waals surface area contributed by atoms with E-state index in [2.05, 4.69) is 81.4 Å². The van der Waals surface area contributed by atoms with Crippen molar-refractivity contribution in [1.29, 1.82) is 0 Å². The van der Waals surface area contributed by atoms with Crippen LogP contribution in [0.2, 0.25) is 10.0 Å². The molecule has 0 atom stereocenters. The Bertz CT molecular complexity index is 5950. The summed E-state index contributed by atoms with van der Waals surface area (Å²) >= 11 is 11.9. The molecule has 1 aliphatic carbocycles. The van der Waals surface area contributed by atoms with Crippen LogP contribution in [0.1, 0.15) is 235 Å². The monoisotopic (exact) mass is 1710 g/mol. The molecule has 11 aromatic rings. The van der Waals surface area contributed by atoms with Gasteiger partial charge < -0.3 is 58.0 Å². The molecular weight excluding hydrogens is 1610 g/mol. The molecule has 0 radical (unpaired) electrons. The predicted octanol–water partition coefficient (Wildman–Crippen LogP) is 19.8. The van der Waals surface area contributed by atoms with Crippen LogP contribution in [0.4, 0.5) is 35.0 Å². The molecule has 30 heteroatoms. The Morgan fingerprint density at radius 2 is 0.730 bits per heavy atom. The lowest BCUT2D eigenvalue weighted by Gasteiger charge is -2.47. The molecule has 3 N–H and O–H groups in total. The fraction of sp³-hybridized carbons (Fsp3) is 0.413. The Kier molecular flexibility index (Phi) is 23.9. The van der Waals surface area contributed by atoms with Crippen LogP contribution in [0.15, 0.2) is 129 Å². The van der Waals surface area contributed by atoms with Gasteiger partial charge in [-0.3, -0.25) is 14.4 Å². The average Bonchev–Trinajstić information content (AvgIpc) is 1.60. The Morgan fingerprint density at radius 3 is 1.06 bits per heavy atom. The number of amides is 3. The highest BCUT2D eigenvalue weighted by atomic mass is 35.5. The standard InChI is InChI=1S/C32H41FN4O4.C30H29ClF2N4O4.C30H30ClFN4O4/c1-30(2,3)20-16-23(19-10-12-31(4,5)13-11-19)34-24-17-25(41-26(20)24)28(38)37-15-14-36(18-32(37,6)7)27-21(33)8-9-22(35-27)29(39)40;1-29(2,3)17-13-22(16-6-7-18(31)20(33)12-16)34-23-14-24(41-25(17)23)27(38)37-11-10-36(15-30(37,4)5)26-19(32)8-9-21(35-26)28(39)40;1-29(2,3)19-14-22(17-6-8-18(31)9-7-17)33-23-15-24(40-25(19)23)27(37)36-13-12-35(16-30(36,4)5)26-20(32)10-11-21(34-26)28(38)39/h8-9,16-17,19H,10-15,18H2,1-7H3,(H,39,40);6-9,12-14H,10-11,15H2,1-5H3,(H,39,40);6-11,14-15H,12-13,16H2,1-5H3,(H,38,39). The number of pyridine rings is 6. The summed E-state index contributed by atoms with van der Waals surface area (Å²) in [5.41, 5.74) is 6.50. The fourth-order valence-corrected chi connectivity index (χ4v) is 16.6. The molecule has 15 rings (SSSR count). The number of carboxylic acids is 3. The van der Waals surface area contributed by atoms with Gasteiger partial charge in [0.1, 0.15) is 22.4 Å². The van der Waals surface area contributed by atoms with E-state index in [9.17, 15) is 61.6 Å². The first kappa shape index (κ1) is 88.3. The first-order chi connectivity index (χ1) is 56.9. The van der Waals surface area contributed by atoms with Crippen LogP contribution >= 0.6 is 23.2 Å². The minimum Gasteiger partial charge on any atom is -0.477 e. The second-order valence-electron chi connectivity index (χ2n) is 37.5. The largest absolute Gasteiger partial charge is 0.477 e. The van der Waals surface area contributed by atoms with Crippen molar-refractivity contribution in [1.82, 2.24) is 44.6 Å². The molecule has 24 nitrogen and oxygen atoms in total. The lowest BCUT2D eigenvalue weighted by molar-refractivity contribution is 0.0474. The maximum Gasteiger partial charge on any atom is 0.354 e. The van der Waals surface area contributed by atoms with Crippen molar-refractivity contribution >= 4 is 110 Å². The summed E-state index contributed by atoms with van der Waals surface area (Å²) < 4.78 is 76.7. The van der Waals surface area contributed by atoms with E-state index in [1.165, 1.54) is 25.0 Å². The van der Waals surface area contributed by atoms with Crippen molar-refractivity contribution < 1.29 is 74.9 Å². The summed E-state index contributed by atoms with van der Waals surface area (Å²) in [6.45, 7) is 36.9. The number of hydrogen-bond donors (Lipinski definition) is 3. The van der Waals surface area contributed by atoms with E-state index in [4.69, 9.17) is 46.4 Å². The number of carbonyl (C=O) groups is 6. The predicted molar refractivity (Wildman–Crippen MR) is 459 cm³/mol. The van der Waals surface area contributed by atoms with Gasteiger partial charge in [0.2, 0.25) is 0 Å². The van der Waals surface area contributed by atoms with Crippen LogP contribution in [-0.4, -0.2) is 171 Å². The number of fused-ring (bicyclic) bond motifs is 3. The number of rotatable bonds is 12. The number of halogens is 6. The molecule has 0 bridgehead atoms. The SMILES string of the molecule is CC(C)(C)c1cc(-c2ccc(Cl)c(F)c2)nc2cc(C(=O)N3CCN(c4nc(C(=O)O)ccc4F)CC3(C)C)oc12.CC(C)(C)c1cc(-c2ccc(Cl)cc2)nc2cc(C(=O)N3CCN(c4nc(C(=O)O)ccc4F)CC3(C)C)oc12.CC1(C)CCC(c2cc(C(C)(C)C)c3oc(C(=O)N4CCN(c5nc(C(=O)O)ccc5F)CC4(C)C)cc3n2)CC1. The van der Waals surface area contributed by atoms with Crippen molar-refractivity contribution in [2.24, 2.45) is 5.41 Å². The maximum absolute atomic E-state index is 14.6. The number of hydrogen-bond acceptors (Lipinski definition) is 18. The first-order valence-corrected chi connectivity index (χ1v) is 41.2. The fourth-order valence-electron chi connectivity index (χ4n) is 16.4. The smallest absolute Gasteiger partial charge is 0.354 e. The van der Waals surface area contributed by atoms with Crippen molar-refractivity contribution in [2.75, 3.05) is 73.6 Å². The third-order valence-electron chi connectivity index (χ3n) is 23.1. The number of benzene rings is 2. The lowest BCUT2D eigenvalue weighted by Crippen LogP contribution is -2.61. The molecule has 3 saturated heterocycles. The van der Waals surface area contributed by atoms with Crippen LogP contribution in [0.25, 0.3) is 55.8 Å². The van der Waals surface area contributed by atoms with Gasteiger partial charge in [0.05, 0.1) is 33.0 Å². The Hall–Kier alpha value is -11.5. The molecule has 9 aromatic heterocycles. The van der Waals surface area contributed by atoms with E-state index in [1.807, 2.05) is 98.7 Å². The number of carboxylic acid groups (broad SMARTS) is 3. The Labute approximate surface area is 714 Å². The number of anilines is 3. The van der Waals surface area contributed by atoms with E-state index >= 15 is 0 Å².